The third-order valence-electron chi connectivity index (χ3n) is 2.49. The van der Waals surface area contributed by atoms with Gasteiger partial charge in [0.1, 0.15) is 5.75 Å². The van der Waals surface area contributed by atoms with E-state index < -0.39 is 0 Å². The first-order valence-electron chi connectivity index (χ1n) is 5.39. The van der Waals surface area contributed by atoms with Crippen LogP contribution in [0.4, 0.5) is 11.4 Å². The van der Waals surface area contributed by atoms with Gasteiger partial charge in [-0.3, -0.25) is 4.79 Å². The summed E-state index contributed by atoms with van der Waals surface area (Å²) < 4.78 is 5.14. The molecule has 0 heterocycles. The summed E-state index contributed by atoms with van der Waals surface area (Å²) in [5, 5.41) is 3.62. The number of rotatable bonds is 4. The molecule has 0 aliphatic heterocycles. The fourth-order valence-electron chi connectivity index (χ4n) is 1.57. The second-order valence-corrected chi connectivity index (χ2v) is 4.12. The van der Waals surface area contributed by atoms with Crippen LogP contribution in [0, 0.1) is 0 Å². The van der Waals surface area contributed by atoms with E-state index in [4.69, 9.17) is 16.3 Å². The summed E-state index contributed by atoms with van der Waals surface area (Å²) >= 11 is 5.96. The third-order valence-corrected chi connectivity index (χ3v) is 2.81. The van der Waals surface area contributed by atoms with Crippen LogP contribution in [0.3, 0.4) is 0 Å². The molecule has 0 saturated heterocycles. The lowest BCUT2D eigenvalue weighted by Crippen LogP contribution is -1.92. The average Bonchev–Trinajstić information content (AvgIpc) is 2.39. The normalized spacial score (nSPS) is 9.89. The predicted molar refractivity (Wildman–Crippen MR) is 73.1 cm³/mol. The molecule has 1 N–H and O–H groups in total. The third kappa shape index (κ3) is 2.81. The molecule has 2 aromatic rings. The van der Waals surface area contributed by atoms with Gasteiger partial charge < -0.3 is 10.1 Å². The number of halogens is 1. The SMILES string of the molecule is COc1cccc(Nc2ccc(C=O)c(Cl)c2)c1. The van der Waals surface area contributed by atoms with Crippen molar-refractivity contribution < 1.29 is 9.53 Å². The Labute approximate surface area is 110 Å². The summed E-state index contributed by atoms with van der Waals surface area (Å²) in [7, 11) is 1.62. The van der Waals surface area contributed by atoms with E-state index in [-0.39, 0.29) is 0 Å². The summed E-state index contributed by atoms with van der Waals surface area (Å²) in [5.41, 5.74) is 2.19. The highest BCUT2D eigenvalue weighted by Gasteiger charge is 2.02. The number of hydrogen-bond donors (Lipinski definition) is 1. The Bertz CT molecular complexity index is 569. The maximum absolute atomic E-state index is 10.7. The van der Waals surface area contributed by atoms with Gasteiger partial charge >= 0.3 is 0 Å². The molecule has 18 heavy (non-hydrogen) atoms. The molecule has 0 saturated carbocycles. The smallest absolute Gasteiger partial charge is 0.151 e. The molecule has 0 radical (unpaired) electrons. The number of anilines is 2. The zero-order chi connectivity index (χ0) is 13.0. The van der Waals surface area contributed by atoms with E-state index in [2.05, 4.69) is 5.32 Å². The van der Waals surface area contributed by atoms with Gasteiger partial charge in [0.15, 0.2) is 6.29 Å². The predicted octanol–water partition coefficient (Wildman–Crippen LogP) is 3.90. The summed E-state index contributed by atoms with van der Waals surface area (Å²) in [6, 6.07) is 12.7. The highest BCUT2D eigenvalue weighted by Crippen LogP contribution is 2.24. The van der Waals surface area contributed by atoms with Gasteiger partial charge in [0.05, 0.1) is 12.1 Å². The molecule has 0 atom stereocenters. The molecule has 2 rings (SSSR count). The minimum absolute atomic E-state index is 0.429. The van der Waals surface area contributed by atoms with Crippen molar-refractivity contribution in [3.05, 3.63) is 53.1 Å². The number of carbonyl (C=O) groups excluding carboxylic acids is 1. The molecular formula is C14H12ClNO2. The Morgan fingerprint density at radius 1 is 1.17 bits per heavy atom. The maximum Gasteiger partial charge on any atom is 0.151 e. The number of benzene rings is 2. The van der Waals surface area contributed by atoms with Crippen molar-refractivity contribution in [2.75, 3.05) is 12.4 Å². The van der Waals surface area contributed by atoms with Gasteiger partial charge in [-0.05, 0) is 30.3 Å². The van der Waals surface area contributed by atoms with Crippen LogP contribution in [-0.4, -0.2) is 13.4 Å². The molecule has 2 aromatic carbocycles. The van der Waals surface area contributed by atoms with Gasteiger partial charge in [-0.15, -0.1) is 0 Å². The lowest BCUT2D eigenvalue weighted by Gasteiger charge is -2.09. The monoisotopic (exact) mass is 261 g/mol. The first-order valence-corrected chi connectivity index (χ1v) is 5.76. The van der Waals surface area contributed by atoms with Crippen LogP contribution in [0.25, 0.3) is 0 Å². The second kappa shape index (κ2) is 5.56. The number of methoxy groups -OCH3 is 1. The molecule has 4 heteroatoms. The van der Waals surface area contributed by atoms with E-state index in [0.29, 0.717) is 10.6 Å². The van der Waals surface area contributed by atoms with Crippen molar-refractivity contribution in [2.24, 2.45) is 0 Å². The van der Waals surface area contributed by atoms with Crippen LogP contribution >= 0.6 is 11.6 Å². The zero-order valence-electron chi connectivity index (χ0n) is 9.81. The first-order chi connectivity index (χ1) is 8.72. The standard InChI is InChI=1S/C14H12ClNO2/c1-18-13-4-2-3-11(7-13)16-12-6-5-10(9-17)14(15)8-12/h2-9,16H,1H3. The zero-order valence-corrected chi connectivity index (χ0v) is 10.6. The quantitative estimate of drug-likeness (QED) is 0.848. The van der Waals surface area contributed by atoms with E-state index in [9.17, 15) is 4.79 Å². The fourth-order valence-corrected chi connectivity index (χ4v) is 1.79. The topological polar surface area (TPSA) is 38.3 Å². The van der Waals surface area contributed by atoms with Crippen LogP contribution in [0.5, 0.6) is 5.75 Å². The Morgan fingerprint density at radius 3 is 2.61 bits per heavy atom. The Hall–Kier alpha value is -2.00. The van der Waals surface area contributed by atoms with Gasteiger partial charge in [-0.2, -0.15) is 0 Å². The van der Waals surface area contributed by atoms with Gasteiger partial charge in [0.2, 0.25) is 0 Å². The molecule has 0 aliphatic rings. The fraction of sp³-hybridized carbons (Fsp3) is 0.0714. The van der Waals surface area contributed by atoms with Crippen LogP contribution in [0.2, 0.25) is 5.02 Å². The van der Waals surface area contributed by atoms with Crippen molar-refractivity contribution in [3.8, 4) is 5.75 Å². The Morgan fingerprint density at radius 2 is 1.94 bits per heavy atom. The number of carbonyl (C=O) groups is 1. The maximum atomic E-state index is 10.7. The van der Waals surface area contributed by atoms with Crippen LogP contribution < -0.4 is 10.1 Å². The number of hydrogen-bond acceptors (Lipinski definition) is 3. The summed E-state index contributed by atoms with van der Waals surface area (Å²) in [5.74, 6) is 0.774. The van der Waals surface area contributed by atoms with E-state index in [1.165, 1.54) is 0 Å². The Balaban J connectivity index is 2.22. The van der Waals surface area contributed by atoms with Crippen LogP contribution in [0.1, 0.15) is 10.4 Å². The molecule has 0 bridgehead atoms. The molecular weight excluding hydrogens is 250 g/mol. The van der Waals surface area contributed by atoms with Gasteiger partial charge in [-0.1, -0.05) is 17.7 Å². The van der Waals surface area contributed by atoms with Crippen molar-refractivity contribution in [1.82, 2.24) is 0 Å². The van der Waals surface area contributed by atoms with Crippen molar-refractivity contribution in [1.29, 1.82) is 0 Å². The number of ether oxygens (including phenoxy) is 1. The molecule has 0 fully saturated rings. The van der Waals surface area contributed by atoms with Gasteiger partial charge in [-0.25, -0.2) is 0 Å². The molecule has 3 nitrogen and oxygen atoms in total. The first kappa shape index (κ1) is 12.5. The molecule has 0 aliphatic carbocycles. The van der Waals surface area contributed by atoms with Crippen molar-refractivity contribution in [3.63, 3.8) is 0 Å². The number of aldehydes is 1. The van der Waals surface area contributed by atoms with Crippen molar-refractivity contribution in [2.45, 2.75) is 0 Å². The van der Waals surface area contributed by atoms with Crippen LogP contribution in [-0.2, 0) is 0 Å². The van der Waals surface area contributed by atoms with E-state index in [1.54, 1.807) is 25.3 Å². The Kier molecular flexibility index (Phi) is 3.85. The van der Waals surface area contributed by atoms with E-state index in [0.717, 1.165) is 23.4 Å². The number of nitrogens with one attached hydrogen (secondary N) is 1. The van der Waals surface area contributed by atoms with Gasteiger partial charge in [0, 0.05) is 23.0 Å². The van der Waals surface area contributed by atoms with Crippen LogP contribution in [0.15, 0.2) is 42.5 Å². The van der Waals surface area contributed by atoms with Gasteiger partial charge in [0.25, 0.3) is 0 Å². The molecule has 92 valence electrons. The van der Waals surface area contributed by atoms with Crippen molar-refractivity contribution >= 4 is 29.3 Å². The molecule has 0 aromatic heterocycles. The summed E-state index contributed by atoms with van der Waals surface area (Å²) in [6.45, 7) is 0. The highest BCUT2D eigenvalue weighted by molar-refractivity contribution is 6.33. The summed E-state index contributed by atoms with van der Waals surface area (Å²) in [6.07, 6.45) is 0.734. The summed E-state index contributed by atoms with van der Waals surface area (Å²) in [4.78, 5) is 10.7. The minimum Gasteiger partial charge on any atom is -0.497 e. The second-order valence-electron chi connectivity index (χ2n) is 3.71. The highest BCUT2D eigenvalue weighted by atomic mass is 35.5. The van der Waals surface area contributed by atoms with E-state index >= 15 is 0 Å². The lowest BCUT2D eigenvalue weighted by atomic mass is 10.2. The molecule has 0 spiro atoms. The van der Waals surface area contributed by atoms with E-state index in [1.807, 2.05) is 24.3 Å². The largest absolute Gasteiger partial charge is 0.497 e. The molecule has 0 unspecified atom stereocenters. The minimum atomic E-state index is 0.429. The molecule has 0 amide bonds. The average molecular weight is 262 g/mol. The lowest BCUT2D eigenvalue weighted by molar-refractivity contribution is 0.112.